The molecule has 5 heteroatoms. The molecule has 0 spiro atoms. The first-order valence-electron chi connectivity index (χ1n) is 5.52. The fraction of sp³-hybridized carbons (Fsp3) is 0.333. The van der Waals surface area contributed by atoms with Crippen LogP contribution in [0.4, 0.5) is 5.69 Å². The summed E-state index contributed by atoms with van der Waals surface area (Å²) in [5, 5.41) is 7.23. The lowest BCUT2D eigenvalue weighted by Crippen LogP contribution is -2.06. The van der Waals surface area contributed by atoms with Gasteiger partial charge in [0.05, 0.1) is 0 Å². The predicted octanol–water partition coefficient (Wildman–Crippen LogP) is 1.93. The molecule has 0 fully saturated rings. The number of hydrogen-bond acceptors (Lipinski definition) is 5. The highest BCUT2D eigenvalue weighted by Gasteiger charge is 2.26. The summed E-state index contributed by atoms with van der Waals surface area (Å²) in [5.74, 6) is 1.20. The molecule has 17 heavy (non-hydrogen) atoms. The van der Waals surface area contributed by atoms with Gasteiger partial charge in [-0.2, -0.15) is 4.98 Å². The Morgan fingerprint density at radius 3 is 3.18 bits per heavy atom. The maximum Gasteiger partial charge on any atom is 0.249 e. The summed E-state index contributed by atoms with van der Waals surface area (Å²) in [4.78, 5) is 4.30. The number of benzene rings is 1. The van der Waals surface area contributed by atoms with E-state index in [1.165, 1.54) is 5.56 Å². The highest BCUT2D eigenvalue weighted by atomic mass is 16.5. The molecule has 0 radical (unpaired) electrons. The number of rotatable bonds is 3. The van der Waals surface area contributed by atoms with Gasteiger partial charge < -0.3 is 14.6 Å². The Kier molecular flexibility index (Phi) is 2.53. The molecule has 1 atom stereocenters. The number of nitrogens with one attached hydrogen (secondary N) is 1. The molecule has 0 saturated carbocycles. The van der Waals surface area contributed by atoms with Gasteiger partial charge in [0.1, 0.15) is 12.6 Å². The second-order valence-corrected chi connectivity index (χ2v) is 4.04. The fourth-order valence-electron chi connectivity index (χ4n) is 2.04. The molecule has 5 nitrogen and oxygen atoms in total. The Morgan fingerprint density at radius 2 is 2.35 bits per heavy atom. The highest BCUT2D eigenvalue weighted by molar-refractivity contribution is 5.56. The molecular weight excluding hydrogens is 218 g/mol. The van der Waals surface area contributed by atoms with Gasteiger partial charge >= 0.3 is 0 Å². The summed E-state index contributed by atoms with van der Waals surface area (Å²) in [5.41, 5.74) is 2.42. The van der Waals surface area contributed by atoms with Crippen LogP contribution in [-0.4, -0.2) is 17.3 Å². The minimum absolute atomic E-state index is 0.0745. The van der Waals surface area contributed by atoms with Crippen molar-refractivity contribution in [2.24, 2.45) is 0 Å². The third-order valence-electron chi connectivity index (χ3n) is 2.83. The van der Waals surface area contributed by atoms with Crippen LogP contribution in [0, 0.1) is 0 Å². The number of methoxy groups -OCH3 is 1. The summed E-state index contributed by atoms with van der Waals surface area (Å²) >= 11 is 0. The number of nitrogens with zero attached hydrogens (tertiary/aromatic N) is 2. The van der Waals surface area contributed by atoms with Gasteiger partial charge in [-0.05, 0) is 11.6 Å². The van der Waals surface area contributed by atoms with Crippen LogP contribution in [0.1, 0.15) is 23.3 Å². The summed E-state index contributed by atoms with van der Waals surface area (Å²) in [6, 6.07) is 8.28. The Labute approximate surface area is 98.8 Å². The number of aromatic nitrogens is 2. The van der Waals surface area contributed by atoms with E-state index in [4.69, 9.17) is 9.26 Å². The second kappa shape index (κ2) is 4.18. The first-order valence-corrected chi connectivity index (χ1v) is 5.52. The molecule has 3 rings (SSSR count). The first kappa shape index (κ1) is 10.3. The van der Waals surface area contributed by atoms with E-state index in [9.17, 15) is 0 Å². The smallest absolute Gasteiger partial charge is 0.249 e. The van der Waals surface area contributed by atoms with Crippen molar-refractivity contribution in [3.05, 3.63) is 41.5 Å². The minimum Gasteiger partial charge on any atom is -0.377 e. The quantitative estimate of drug-likeness (QED) is 0.874. The van der Waals surface area contributed by atoms with Gasteiger partial charge in [-0.1, -0.05) is 23.4 Å². The zero-order chi connectivity index (χ0) is 11.7. The van der Waals surface area contributed by atoms with Gasteiger partial charge in [0.25, 0.3) is 0 Å². The Hall–Kier alpha value is -1.88. The van der Waals surface area contributed by atoms with Crippen LogP contribution < -0.4 is 5.32 Å². The van der Waals surface area contributed by atoms with Gasteiger partial charge in [-0.15, -0.1) is 0 Å². The molecule has 1 aromatic carbocycles. The second-order valence-electron chi connectivity index (χ2n) is 4.04. The lowest BCUT2D eigenvalue weighted by atomic mass is 10.1. The lowest BCUT2D eigenvalue weighted by molar-refractivity contribution is 0.174. The number of ether oxygens (including phenoxy) is 1. The molecule has 1 unspecified atom stereocenters. The van der Waals surface area contributed by atoms with Crippen molar-refractivity contribution in [2.75, 3.05) is 12.4 Å². The van der Waals surface area contributed by atoms with E-state index in [1.807, 2.05) is 12.1 Å². The summed E-state index contributed by atoms with van der Waals surface area (Å²) in [6.45, 7) is 0.378. The number of anilines is 1. The zero-order valence-corrected chi connectivity index (χ0v) is 9.51. The van der Waals surface area contributed by atoms with Crippen molar-refractivity contribution in [3.63, 3.8) is 0 Å². The SMILES string of the molecule is COCc1noc(C2Cc3ccccc3N2)n1. The van der Waals surface area contributed by atoms with Crippen molar-refractivity contribution >= 4 is 5.69 Å². The molecule has 1 N–H and O–H groups in total. The third-order valence-corrected chi connectivity index (χ3v) is 2.83. The highest BCUT2D eigenvalue weighted by Crippen LogP contribution is 2.32. The van der Waals surface area contributed by atoms with Crippen molar-refractivity contribution in [3.8, 4) is 0 Å². The van der Waals surface area contributed by atoms with Crippen molar-refractivity contribution in [1.29, 1.82) is 0 Å². The molecule has 0 bridgehead atoms. The molecule has 0 saturated heterocycles. The van der Waals surface area contributed by atoms with Crippen LogP contribution in [0.5, 0.6) is 0 Å². The van der Waals surface area contributed by atoms with Gasteiger partial charge in [0.2, 0.25) is 5.89 Å². The van der Waals surface area contributed by atoms with Crippen LogP contribution in [0.2, 0.25) is 0 Å². The van der Waals surface area contributed by atoms with E-state index < -0.39 is 0 Å². The molecule has 1 aliphatic rings. The Balaban J connectivity index is 1.79. The summed E-state index contributed by atoms with van der Waals surface area (Å²) in [6.07, 6.45) is 0.880. The standard InChI is InChI=1S/C12H13N3O2/c1-16-7-11-14-12(17-15-11)10-6-8-4-2-3-5-9(8)13-10/h2-5,10,13H,6-7H2,1H3. The van der Waals surface area contributed by atoms with Crippen LogP contribution in [0.25, 0.3) is 0 Å². The van der Waals surface area contributed by atoms with E-state index in [1.54, 1.807) is 7.11 Å². The number of para-hydroxylation sites is 1. The number of hydrogen-bond donors (Lipinski definition) is 1. The van der Waals surface area contributed by atoms with Crippen LogP contribution in [0.3, 0.4) is 0 Å². The molecular formula is C12H13N3O2. The van der Waals surface area contributed by atoms with Gasteiger partial charge in [0.15, 0.2) is 5.82 Å². The monoisotopic (exact) mass is 231 g/mol. The van der Waals surface area contributed by atoms with E-state index in [-0.39, 0.29) is 6.04 Å². The zero-order valence-electron chi connectivity index (χ0n) is 9.51. The predicted molar refractivity (Wildman–Crippen MR) is 61.5 cm³/mol. The van der Waals surface area contributed by atoms with E-state index in [0.29, 0.717) is 18.3 Å². The van der Waals surface area contributed by atoms with Crippen LogP contribution >= 0.6 is 0 Å². The Morgan fingerprint density at radius 1 is 1.47 bits per heavy atom. The topological polar surface area (TPSA) is 60.2 Å². The average Bonchev–Trinajstić information content (AvgIpc) is 2.94. The number of fused-ring (bicyclic) bond motifs is 1. The van der Waals surface area contributed by atoms with Crippen molar-refractivity contribution < 1.29 is 9.26 Å². The molecule has 2 aromatic rings. The van der Waals surface area contributed by atoms with Crippen molar-refractivity contribution in [2.45, 2.75) is 19.1 Å². The molecule has 1 aliphatic heterocycles. The van der Waals surface area contributed by atoms with E-state index in [0.717, 1.165) is 12.1 Å². The first-order chi connectivity index (χ1) is 8.36. The van der Waals surface area contributed by atoms with Crippen LogP contribution in [-0.2, 0) is 17.8 Å². The largest absolute Gasteiger partial charge is 0.377 e. The molecule has 0 amide bonds. The molecule has 88 valence electrons. The van der Waals surface area contributed by atoms with Crippen molar-refractivity contribution in [1.82, 2.24) is 10.1 Å². The fourth-order valence-corrected chi connectivity index (χ4v) is 2.04. The molecule has 1 aromatic heterocycles. The summed E-state index contributed by atoms with van der Waals surface area (Å²) < 4.78 is 10.2. The van der Waals surface area contributed by atoms with E-state index >= 15 is 0 Å². The normalized spacial score (nSPS) is 17.8. The van der Waals surface area contributed by atoms with Gasteiger partial charge in [-0.3, -0.25) is 0 Å². The maximum atomic E-state index is 5.23. The summed E-state index contributed by atoms with van der Waals surface area (Å²) in [7, 11) is 1.61. The molecule has 2 heterocycles. The van der Waals surface area contributed by atoms with Gasteiger partial charge in [0, 0.05) is 19.2 Å². The lowest BCUT2D eigenvalue weighted by Gasteiger charge is -2.04. The Bertz CT molecular complexity index is 499. The third kappa shape index (κ3) is 1.89. The molecule has 0 aliphatic carbocycles. The average molecular weight is 231 g/mol. The van der Waals surface area contributed by atoms with Crippen LogP contribution in [0.15, 0.2) is 28.8 Å². The van der Waals surface area contributed by atoms with E-state index in [2.05, 4.69) is 27.6 Å². The minimum atomic E-state index is 0.0745. The van der Waals surface area contributed by atoms with Gasteiger partial charge in [-0.25, -0.2) is 0 Å². The maximum absolute atomic E-state index is 5.23.